The fraction of sp³-hybridized carbons (Fsp3) is 0.571. The second kappa shape index (κ2) is 5.67. The Morgan fingerprint density at radius 3 is 2.32 bits per heavy atom. The van der Waals surface area contributed by atoms with Crippen molar-refractivity contribution in [2.24, 2.45) is 0 Å². The van der Waals surface area contributed by atoms with Gasteiger partial charge in [-0.15, -0.1) is 0 Å². The molecular weight excluding hydrogens is 262 g/mol. The van der Waals surface area contributed by atoms with Crippen molar-refractivity contribution in [3.63, 3.8) is 0 Å². The van der Waals surface area contributed by atoms with Crippen molar-refractivity contribution in [1.29, 1.82) is 0 Å². The Hall–Kier alpha value is -0.810. The molecule has 0 spiro atoms. The third-order valence-corrected chi connectivity index (χ3v) is 4.38. The summed E-state index contributed by atoms with van der Waals surface area (Å²) in [6.45, 7) is 5.65. The maximum Gasteiger partial charge on any atom is 0.0831 e. The largest absolute Gasteiger partial charge is 0.390 e. The smallest absolute Gasteiger partial charge is 0.0831 e. The lowest BCUT2D eigenvalue weighted by Gasteiger charge is -2.39. The van der Waals surface area contributed by atoms with E-state index in [1.165, 1.54) is 5.69 Å². The van der Waals surface area contributed by atoms with Crippen LogP contribution in [0.1, 0.15) is 0 Å². The summed E-state index contributed by atoms with van der Waals surface area (Å²) in [5.74, 6) is 0. The molecule has 104 valence electrons. The summed E-state index contributed by atoms with van der Waals surface area (Å²) in [4.78, 5) is 4.78. The lowest BCUT2D eigenvalue weighted by atomic mass is 10.1. The van der Waals surface area contributed by atoms with Crippen LogP contribution in [-0.4, -0.2) is 61.4 Å². The molecule has 0 unspecified atom stereocenters. The van der Waals surface area contributed by atoms with Crippen LogP contribution in [0.15, 0.2) is 24.3 Å². The first-order valence-corrected chi connectivity index (χ1v) is 7.25. The molecule has 0 bridgehead atoms. The van der Waals surface area contributed by atoms with E-state index in [-0.39, 0.29) is 12.1 Å². The molecule has 2 fully saturated rings. The van der Waals surface area contributed by atoms with E-state index in [9.17, 15) is 5.11 Å². The van der Waals surface area contributed by atoms with Gasteiger partial charge in [-0.25, -0.2) is 0 Å². The highest BCUT2D eigenvalue weighted by atomic mass is 35.5. The van der Waals surface area contributed by atoms with Crippen LogP contribution in [0, 0.1) is 0 Å². The number of nitrogens with one attached hydrogen (secondary N) is 1. The van der Waals surface area contributed by atoms with Gasteiger partial charge in [0.2, 0.25) is 0 Å². The predicted molar refractivity (Wildman–Crippen MR) is 77.9 cm³/mol. The number of anilines is 1. The van der Waals surface area contributed by atoms with Crippen molar-refractivity contribution in [2.45, 2.75) is 12.1 Å². The Labute approximate surface area is 119 Å². The standard InChI is InChI=1S/C14H20ClN3O/c15-11-1-3-12(4-2-11)17-5-7-18(8-6-17)13-9-16-10-14(13)19/h1-4,13-14,16,19H,5-10H2/t13-,14-/m0/s1. The first-order valence-electron chi connectivity index (χ1n) is 6.87. The van der Waals surface area contributed by atoms with E-state index >= 15 is 0 Å². The van der Waals surface area contributed by atoms with E-state index in [0.29, 0.717) is 0 Å². The molecule has 2 saturated heterocycles. The van der Waals surface area contributed by atoms with Crippen LogP contribution < -0.4 is 10.2 Å². The number of aliphatic hydroxyl groups excluding tert-OH is 1. The maximum absolute atomic E-state index is 9.92. The minimum atomic E-state index is -0.220. The van der Waals surface area contributed by atoms with Gasteiger partial charge in [0.1, 0.15) is 0 Å². The second-order valence-corrected chi connectivity index (χ2v) is 5.73. The molecule has 5 heteroatoms. The van der Waals surface area contributed by atoms with Gasteiger partial charge in [0.15, 0.2) is 0 Å². The summed E-state index contributed by atoms with van der Waals surface area (Å²) in [5.41, 5.74) is 1.23. The number of rotatable bonds is 2. The summed E-state index contributed by atoms with van der Waals surface area (Å²) in [6, 6.07) is 8.31. The fourth-order valence-corrected chi connectivity index (χ4v) is 3.11. The average Bonchev–Trinajstić information content (AvgIpc) is 2.86. The molecule has 2 heterocycles. The van der Waals surface area contributed by atoms with Gasteiger partial charge < -0.3 is 15.3 Å². The van der Waals surface area contributed by atoms with Crippen LogP contribution in [-0.2, 0) is 0 Å². The lowest BCUT2D eigenvalue weighted by Crippen LogP contribution is -2.53. The van der Waals surface area contributed by atoms with Gasteiger partial charge in [-0.3, -0.25) is 4.90 Å². The molecule has 2 N–H and O–H groups in total. The van der Waals surface area contributed by atoms with Gasteiger partial charge in [0.25, 0.3) is 0 Å². The number of halogens is 1. The molecule has 4 nitrogen and oxygen atoms in total. The topological polar surface area (TPSA) is 38.7 Å². The Morgan fingerprint density at radius 1 is 1.05 bits per heavy atom. The van der Waals surface area contributed by atoms with Crippen LogP contribution in [0.5, 0.6) is 0 Å². The number of hydrogen-bond acceptors (Lipinski definition) is 4. The Bertz CT molecular complexity index is 417. The lowest BCUT2D eigenvalue weighted by molar-refractivity contribution is 0.0792. The van der Waals surface area contributed by atoms with E-state index in [4.69, 9.17) is 11.6 Å². The maximum atomic E-state index is 9.92. The molecule has 1 aromatic carbocycles. The van der Waals surface area contributed by atoms with Gasteiger partial charge in [0, 0.05) is 56.0 Å². The highest BCUT2D eigenvalue weighted by Crippen LogP contribution is 2.21. The average molecular weight is 282 g/mol. The van der Waals surface area contributed by atoms with Crippen molar-refractivity contribution >= 4 is 17.3 Å². The number of hydrogen-bond donors (Lipinski definition) is 2. The van der Waals surface area contributed by atoms with Crippen LogP contribution in [0.3, 0.4) is 0 Å². The summed E-state index contributed by atoms with van der Waals surface area (Å²) >= 11 is 5.91. The monoisotopic (exact) mass is 281 g/mol. The van der Waals surface area contributed by atoms with Gasteiger partial charge in [-0.05, 0) is 24.3 Å². The van der Waals surface area contributed by atoms with Crippen molar-refractivity contribution in [3.8, 4) is 0 Å². The molecule has 19 heavy (non-hydrogen) atoms. The van der Waals surface area contributed by atoms with Crippen LogP contribution in [0.2, 0.25) is 5.02 Å². The second-order valence-electron chi connectivity index (χ2n) is 5.29. The zero-order valence-electron chi connectivity index (χ0n) is 10.9. The zero-order chi connectivity index (χ0) is 13.2. The minimum absolute atomic E-state index is 0.220. The summed E-state index contributed by atoms with van der Waals surface area (Å²) < 4.78 is 0. The van der Waals surface area contributed by atoms with Crippen LogP contribution in [0.25, 0.3) is 0 Å². The molecule has 2 aliphatic heterocycles. The van der Waals surface area contributed by atoms with Crippen LogP contribution in [0.4, 0.5) is 5.69 Å². The molecule has 0 radical (unpaired) electrons. The van der Waals surface area contributed by atoms with Gasteiger partial charge >= 0.3 is 0 Å². The molecule has 0 aliphatic carbocycles. The molecule has 3 rings (SSSR count). The highest BCUT2D eigenvalue weighted by molar-refractivity contribution is 6.30. The number of benzene rings is 1. The minimum Gasteiger partial charge on any atom is -0.390 e. The number of β-amino-alcohol motifs (C(OH)–C–C–N with tert-alkyl or cyclic N) is 1. The van der Waals surface area contributed by atoms with Gasteiger partial charge in [-0.2, -0.15) is 0 Å². The quantitative estimate of drug-likeness (QED) is 0.841. The van der Waals surface area contributed by atoms with Crippen molar-refractivity contribution in [3.05, 3.63) is 29.3 Å². The summed E-state index contributed by atoms with van der Waals surface area (Å²) in [5, 5.41) is 14.0. The van der Waals surface area contributed by atoms with Crippen molar-refractivity contribution < 1.29 is 5.11 Å². The van der Waals surface area contributed by atoms with Crippen LogP contribution >= 0.6 is 11.6 Å². The number of nitrogens with zero attached hydrogens (tertiary/aromatic N) is 2. The number of piperazine rings is 1. The summed E-state index contributed by atoms with van der Waals surface area (Å²) in [6.07, 6.45) is -0.220. The normalized spacial score (nSPS) is 28.8. The number of aliphatic hydroxyl groups is 1. The molecule has 0 aromatic heterocycles. The fourth-order valence-electron chi connectivity index (χ4n) is 2.99. The molecule has 2 atom stereocenters. The zero-order valence-corrected chi connectivity index (χ0v) is 11.7. The predicted octanol–water partition coefficient (Wildman–Crippen LogP) is 0.795. The SMILES string of the molecule is O[C@H]1CNC[C@@H]1N1CCN(c2ccc(Cl)cc2)CC1. The molecular formula is C14H20ClN3O. The first kappa shape index (κ1) is 13.2. The highest BCUT2D eigenvalue weighted by Gasteiger charge is 2.32. The van der Waals surface area contributed by atoms with Crippen molar-refractivity contribution in [1.82, 2.24) is 10.2 Å². The molecule has 1 aromatic rings. The third-order valence-electron chi connectivity index (χ3n) is 4.13. The van der Waals surface area contributed by atoms with E-state index < -0.39 is 0 Å². The Morgan fingerprint density at radius 2 is 1.74 bits per heavy atom. The molecule has 0 amide bonds. The third kappa shape index (κ3) is 2.87. The molecule has 0 saturated carbocycles. The van der Waals surface area contributed by atoms with E-state index in [2.05, 4.69) is 27.2 Å². The first-order chi connectivity index (χ1) is 9.24. The van der Waals surface area contributed by atoms with E-state index in [0.717, 1.165) is 44.3 Å². The van der Waals surface area contributed by atoms with Crippen molar-refractivity contribution in [2.75, 3.05) is 44.2 Å². The van der Waals surface area contributed by atoms with Gasteiger partial charge in [-0.1, -0.05) is 11.6 Å². The Balaban J connectivity index is 1.58. The Kier molecular flexibility index (Phi) is 3.93. The van der Waals surface area contributed by atoms with E-state index in [1.807, 2.05) is 12.1 Å². The van der Waals surface area contributed by atoms with Gasteiger partial charge in [0.05, 0.1) is 6.10 Å². The molecule has 2 aliphatic rings. The van der Waals surface area contributed by atoms with E-state index in [1.54, 1.807) is 0 Å². The summed E-state index contributed by atoms with van der Waals surface area (Å²) in [7, 11) is 0.